The highest BCUT2D eigenvalue weighted by atomic mass is 14.9. The van der Waals surface area contributed by atoms with E-state index in [2.05, 4.69) is 30.2 Å². The molecule has 106 valence electrons. The third-order valence-corrected chi connectivity index (χ3v) is 4.19. The van der Waals surface area contributed by atoms with E-state index in [4.69, 9.17) is 4.98 Å². The SMILES string of the molecule is CCCC1CCC(c2nc(C)cc(CNC)n2)CC1. The summed E-state index contributed by atoms with van der Waals surface area (Å²) in [6.45, 7) is 5.20. The third kappa shape index (κ3) is 4.00. The van der Waals surface area contributed by atoms with Crippen molar-refractivity contribution in [3.8, 4) is 0 Å². The van der Waals surface area contributed by atoms with Crippen LogP contribution in [0, 0.1) is 12.8 Å². The van der Waals surface area contributed by atoms with Gasteiger partial charge in [0.1, 0.15) is 5.82 Å². The normalized spacial score (nSPS) is 23.5. The second-order valence-electron chi connectivity index (χ2n) is 5.90. The van der Waals surface area contributed by atoms with Gasteiger partial charge < -0.3 is 5.32 Å². The Morgan fingerprint density at radius 2 is 1.95 bits per heavy atom. The summed E-state index contributed by atoms with van der Waals surface area (Å²) < 4.78 is 0. The van der Waals surface area contributed by atoms with Gasteiger partial charge in [0.25, 0.3) is 0 Å². The topological polar surface area (TPSA) is 37.8 Å². The second-order valence-corrected chi connectivity index (χ2v) is 5.90. The molecule has 1 saturated carbocycles. The van der Waals surface area contributed by atoms with E-state index in [1.165, 1.54) is 38.5 Å². The van der Waals surface area contributed by atoms with Crippen LogP contribution in [0.25, 0.3) is 0 Å². The molecule has 1 heterocycles. The Morgan fingerprint density at radius 1 is 1.21 bits per heavy atom. The van der Waals surface area contributed by atoms with Gasteiger partial charge in [0.05, 0.1) is 5.69 Å². The Balaban J connectivity index is 2.02. The number of nitrogens with zero attached hydrogens (tertiary/aromatic N) is 2. The molecule has 0 amide bonds. The van der Waals surface area contributed by atoms with Gasteiger partial charge in [-0.15, -0.1) is 0 Å². The van der Waals surface area contributed by atoms with Crippen LogP contribution >= 0.6 is 0 Å². The molecule has 0 atom stereocenters. The van der Waals surface area contributed by atoms with Crippen LogP contribution in [-0.4, -0.2) is 17.0 Å². The van der Waals surface area contributed by atoms with E-state index in [9.17, 15) is 0 Å². The lowest BCUT2D eigenvalue weighted by Crippen LogP contribution is -2.17. The number of rotatable bonds is 5. The summed E-state index contributed by atoms with van der Waals surface area (Å²) in [4.78, 5) is 9.42. The van der Waals surface area contributed by atoms with Crippen LogP contribution in [0.3, 0.4) is 0 Å². The minimum atomic E-state index is 0.587. The number of aryl methyl sites for hydroxylation is 1. The van der Waals surface area contributed by atoms with Gasteiger partial charge in [0.2, 0.25) is 0 Å². The van der Waals surface area contributed by atoms with Crippen molar-refractivity contribution in [1.82, 2.24) is 15.3 Å². The average molecular weight is 261 g/mol. The van der Waals surface area contributed by atoms with Crippen LogP contribution in [0.4, 0.5) is 0 Å². The van der Waals surface area contributed by atoms with Crippen molar-refractivity contribution >= 4 is 0 Å². The molecular weight excluding hydrogens is 234 g/mol. The van der Waals surface area contributed by atoms with Crippen LogP contribution in [0.2, 0.25) is 0 Å². The Labute approximate surface area is 117 Å². The average Bonchev–Trinajstić information content (AvgIpc) is 2.40. The van der Waals surface area contributed by atoms with Gasteiger partial charge in [-0.05, 0) is 51.6 Å². The van der Waals surface area contributed by atoms with Gasteiger partial charge in [-0.25, -0.2) is 9.97 Å². The number of hydrogen-bond acceptors (Lipinski definition) is 3. The summed E-state index contributed by atoms with van der Waals surface area (Å²) in [6.07, 6.45) is 7.98. The van der Waals surface area contributed by atoms with Crippen molar-refractivity contribution in [2.24, 2.45) is 5.92 Å². The zero-order valence-corrected chi connectivity index (χ0v) is 12.6. The lowest BCUT2D eigenvalue weighted by atomic mass is 9.79. The maximum atomic E-state index is 4.74. The highest BCUT2D eigenvalue weighted by Crippen LogP contribution is 2.36. The van der Waals surface area contributed by atoms with Crippen molar-refractivity contribution in [1.29, 1.82) is 0 Å². The van der Waals surface area contributed by atoms with Gasteiger partial charge in [-0.1, -0.05) is 19.8 Å². The lowest BCUT2D eigenvalue weighted by molar-refractivity contribution is 0.301. The molecule has 1 fully saturated rings. The predicted octanol–water partition coefficient (Wildman–Crippen LogP) is 3.58. The Kier molecular flexibility index (Phi) is 5.32. The first-order chi connectivity index (χ1) is 9.22. The van der Waals surface area contributed by atoms with E-state index in [-0.39, 0.29) is 0 Å². The molecule has 3 heteroatoms. The van der Waals surface area contributed by atoms with Crippen molar-refractivity contribution in [2.75, 3.05) is 7.05 Å². The van der Waals surface area contributed by atoms with E-state index in [1.807, 2.05) is 7.05 Å². The third-order valence-electron chi connectivity index (χ3n) is 4.19. The van der Waals surface area contributed by atoms with E-state index in [0.717, 1.165) is 29.7 Å². The van der Waals surface area contributed by atoms with E-state index >= 15 is 0 Å². The molecule has 0 saturated heterocycles. The molecule has 1 aromatic rings. The fourth-order valence-corrected chi connectivity index (χ4v) is 3.23. The maximum absolute atomic E-state index is 4.74. The zero-order valence-electron chi connectivity index (χ0n) is 12.6. The Hall–Kier alpha value is -0.960. The number of hydrogen-bond donors (Lipinski definition) is 1. The summed E-state index contributed by atoms with van der Waals surface area (Å²) in [5.41, 5.74) is 2.23. The monoisotopic (exact) mass is 261 g/mol. The van der Waals surface area contributed by atoms with E-state index < -0.39 is 0 Å². The fraction of sp³-hybridized carbons (Fsp3) is 0.750. The van der Waals surface area contributed by atoms with Crippen LogP contribution < -0.4 is 5.32 Å². The van der Waals surface area contributed by atoms with Crippen molar-refractivity contribution in [3.63, 3.8) is 0 Å². The molecule has 1 N–H and O–H groups in total. The van der Waals surface area contributed by atoms with Crippen molar-refractivity contribution in [2.45, 2.75) is 64.8 Å². The van der Waals surface area contributed by atoms with E-state index in [1.54, 1.807) is 0 Å². The minimum Gasteiger partial charge on any atom is -0.314 e. The molecule has 0 bridgehead atoms. The van der Waals surface area contributed by atoms with Crippen LogP contribution in [0.15, 0.2) is 6.07 Å². The largest absolute Gasteiger partial charge is 0.314 e. The molecule has 0 spiro atoms. The molecule has 0 unspecified atom stereocenters. The maximum Gasteiger partial charge on any atom is 0.131 e. The van der Waals surface area contributed by atoms with Gasteiger partial charge in [0, 0.05) is 18.2 Å². The molecule has 0 aromatic carbocycles. The predicted molar refractivity (Wildman–Crippen MR) is 79.1 cm³/mol. The summed E-state index contributed by atoms with van der Waals surface area (Å²) in [6, 6.07) is 2.09. The molecule has 1 aliphatic carbocycles. The summed E-state index contributed by atoms with van der Waals surface area (Å²) >= 11 is 0. The van der Waals surface area contributed by atoms with Gasteiger partial charge in [-0.3, -0.25) is 0 Å². The highest BCUT2D eigenvalue weighted by molar-refractivity contribution is 5.12. The zero-order chi connectivity index (χ0) is 13.7. The van der Waals surface area contributed by atoms with Gasteiger partial charge in [-0.2, -0.15) is 0 Å². The molecule has 1 aromatic heterocycles. The molecular formula is C16H27N3. The lowest BCUT2D eigenvalue weighted by Gasteiger charge is -2.27. The number of nitrogens with one attached hydrogen (secondary N) is 1. The molecule has 3 nitrogen and oxygen atoms in total. The molecule has 19 heavy (non-hydrogen) atoms. The standard InChI is InChI=1S/C16H27N3/c1-4-5-13-6-8-14(9-7-13)16-18-12(2)10-15(19-16)11-17-3/h10,13-14,17H,4-9,11H2,1-3H3. The van der Waals surface area contributed by atoms with E-state index in [0.29, 0.717) is 5.92 Å². The van der Waals surface area contributed by atoms with Crippen molar-refractivity contribution in [3.05, 3.63) is 23.3 Å². The first-order valence-electron chi connectivity index (χ1n) is 7.72. The molecule has 0 aliphatic heterocycles. The summed E-state index contributed by atoms with van der Waals surface area (Å²) in [5, 5.41) is 3.17. The minimum absolute atomic E-state index is 0.587. The fourth-order valence-electron chi connectivity index (χ4n) is 3.23. The Bertz CT molecular complexity index is 395. The number of aromatic nitrogens is 2. The molecule has 2 rings (SSSR count). The first kappa shape index (κ1) is 14.4. The second kappa shape index (κ2) is 6.99. The van der Waals surface area contributed by atoms with Crippen LogP contribution in [0.5, 0.6) is 0 Å². The molecule has 1 aliphatic rings. The Morgan fingerprint density at radius 3 is 2.58 bits per heavy atom. The summed E-state index contributed by atoms with van der Waals surface area (Å²) in [5.74, 6) is 2.62. The van der Waals surface area contributed by atoms with Gasteiger partial charge in [0.15, 0.2) is 0 Å². The van der Waals surface area contributed by atoms with Crippen LogP contribution in [0.1, 0.15) is 68.6 Å². The quantitative estimate of drug-likeness (QED) is 0.880. The smallest absolute Gasteiger partial charge is 0.131 e. The summed E-state index contributed by atoms with van der Waals surface area (Å²) in [7, 11) is 1.97. The first-order valence-corrected chi connectivity index (χ1v) is 7.72. The molecule has 0 radical (unpaired) electrons. The highest BCUT2D eigenvalue weighted by Gasteiger charge is 2.24. The van der Waals surface area contributed by atoms with Crippen LogP contribution in [-0.2, 0) is 6.54 Å². The van der Waals surface area contributed by atoms with Crippen molar-refractivity contribution < 1.29 is 0 Å². The van der Waals surface area contributed by atoms with Gasteiger partial charge >= 0.3 is 0 Å².